The van der Waals surface area contributed by atoms with Gasteiger partial charge in [-0.3, -0.25) is 11.3 Å². The second-order valence-corrected chi connectivity index (χ2v) is 5.34. The number of hydrogen-bond acceptors (Lipinski definition) is 2. The summed E-state index contributed by atoms with van der Waals surface area (Å²) in [6.07, 6.45) is -0.907. The molecule has 106 valence electrons. The van der Waals surface area contributed by atoms with E-state index in [-0.39, 0.29) is 6.04 Å². The smallest absolute Gasteiger partial charge is 0.271 e. The normalized spacial score (nSPS) is 25.5. The van der Waals surface area contributed by atoms with Crippen molar-refractivity contribution in [1.82, 2.24) is 5.43 Å². The summed E-state index contributed by atoms with van der Waals surface area (Å²) in [6, 6.07) is 5.23. The lowest BCUT2D eigenvalue weighted by Gasteiger charge is -2.27. The molecule has 5 heteroatoms. The minimum atomic E-state index is -4.29. The van der Waals surface area contributed by atoms with E-state index in [0.717, 1.165) is 37.0 Å². The maximum Gasteiger partial charge on any atom is 0.416 e. The Labute approximate surface area is 111 Å². The van der Waals surface area contributed by atoms with E-state index >= 15 is 0 Å². The summed E-state index contributed by atoms with van der Waals surface area (Å²) in [7, 11) is 0. The lowest BCUT2D eigenvalue weighted by Crippen LogP contribution is -2.34. The minimum absolute atomic E-state index is 0.0696. The van der Waals surface area contributed by atoms with Crippen molar-refractivity contribution in [1.29, 1.82) is 0 Å². The third-order valence-corrected chi connectivity index (χ3v) is 4.13. The number of alkyl halides is 3. The van der Waals surface area contributed by atoms with Crippen LogP contribution in [0.4, 0.5) is 13.2 Å². The van der Waals surface area contributed by atoms with Crippen molar-refractivity contribution < 1.29 is 13.2 Å². The molecular formula is C14H19F3N2. The van der Waals surface area contributed by atoms with Crippen molar-refractivity contribution >= 4 is 0 Å². The maximum atomic E-state index is 12.5. The molecule has 0 amide bonds. The van der Waals surface area contributed by atoms with Crippen molar-refractivity contribution in [2.75, 3.05) is 0 Å². The van der Waals surface area contributed by atoms with Gasteiger partial charge in [-0.2, -0.15) is 13.2 Å². The highest BCUT2D eigenvalue weighted by atomic mass is 19.4. The highest BCUT2D eigenvalue weighted by molar-refractivity contribution is 5.27. The third-order valence-electron chi connectivity index (χ3n) is 4.13. The van der Waals surface area contributed by atoms with Crippen LogP contribution in [0, 0.1) is 11.8 Å². The third kappa shape index (κ3) is 3.09. The fourth-order valence-corrected chi connectivity index (χ4v) is 3.02. The van der Waals surface area contributed by atoms with E-state index in [1.807, 2.05) is 0 Å². The molecule has 0 aromatic heterocycles. The van der Waals surface area contributed by atoms with Gasteiger partial charge in [-0.25, -0.2) is 0 Å². The molecule has 3 N–H and O–H groups in total. The molecule has 2 nitrogen and oxygen atoms in total. The minimum Gasteiger partial charge on any atom is -0.271 e. The van der Waals surface area contributed by atoms with E-state index in [0.29, 0.717) is 11.8 Å². The predicted octanol–water partition coefficient (Wildman–Crippen LogP) is 3.65. The number of nitrogens with two attached hydrogens (primary N) is 1. The number of halogens is 3. The van der Waals surface area contributed by atoms with E-state index in [4.69, 9.17) is 5.84 Å². The van der Waals surface area contributed by atoms with Gasteiger partial charge in [0.25, 0.3) is 0 Å². The van der Waals surface area contributed by atoms with E-state index in [1.165, 1.54) is 12.1 Å². The van der Waals surface area contributed by atoms with Crippen molar-refractivity contribution in [2.45, 2.75) is 38.4 Å². The van der Waals surface area contributed by atoms with Gasteiger partial charge >= 0.3 is 6.18 Å². The maximum absolute atomic E-state index is 12.5. The molecule has 0 aliphatic heterocycles. The predicted molar refractivity (Wildman–Crippen MR) is 68.0 cm³/mol. The molecule has 0 radical (unpaired) electrons. The Balaban J connectivity index is 2.19. The Kier molecular flexibility index (Phi) is 4.16. The van der Waals surface area contributed by atoms with Gasteiger partial charge in [0.2, 0.25) is 0 Å². The molecule has 0 spiro atoms. The molecule has 0 heterocycles. The Hall–Kier alpha value is -1.07. The number of hydrazine groups is 1. The molecule has 0 bridgehead atoms. The summed E-state index contributed by atoms with van der Waals surface area (Å²) in [5, 5.41) is 0. The lowest BCUT2D eigenvalue weighted by atomic mass is 9.86. The zero-order valence-electron chi connectivity index (χ0n) is 10.9. The van der Waals surface area contributed by atoms with E-state index in [9.17, 15) is 13.2 Å². The molecule has 1 aliphatic carbocycles. The monoisotopic (exact) mass is 272 g/mol. The summed E-state index contributed by atoms with van der Waals surface area (Å²) >= 11 is 0. The first-order valence-corrected chi connectivity index (χ1v) is 6.56. The summed E-state index contributed by atoms with van der Waals surface area (Å²) in [5.74, 6) is 6.53. The Morgan fingerprint density at radius 3 is 2.26 bits per heavy atom. The highest BCUT2D eigenvalue weighted by Gasteiger charge is 2.33. The zero-order valence-corrected chi connectivity index (χ0v) is 10.9. The van der Waals surface area contributed by atoms with Gasteiger partial charge in [0.05, 0.1) is 5.56 Å². The topological polar surface area (TPSA) is 38.0 Å². The fraction of sp³-hybridized carbons (Fsp3) is 0.571. The molecule has 0 saturated heterocycles. The van der Waals surface area contributed by atoms with Gasteiger partial charge in [-0.15, -0.1) is 0 Å². The first kappa shape index (κ1) is 14.3. The van der Waals surface area contributed by atoms with Crippen LogP contribution in [0.15, 0.2) is 24.3 Å². The highest BCUT2D eigenvalue weighted by Crippen LogP contribution is 2.40. The van der Waals surface area contributed by atoms with Gasteiger partial charge in [-0.05, 0) is 36.0 Å². The summed E-state index contributed by atoms with van der Waals surface area (Å²) in [6.45, 7) is 2.17. The van der Waals surface area contributed by atoms with Crippen molar-refractivity contribution in [3.8, 4) is 0 Å². The summed E-state index contributed by atoms with van der Waals surface area (Å²) in [4.78, 5) is 0. The van der Waals surface area contributed by atoms with Crippen LogP contribution in [0.1, 0.15) is 43.4 Å². The van der Waals surface area contributed by atoms with Crippen LogP contribution in [-0.4, -0.2) is 0 Å². The molecule has 1 fully saturated rings. The van der Waals surface area contributed by atoms with Gasteiger partial charge < -0.3 is 0 Å². The van der Waals surface area contributed by atoms with E-state index in [2.05, 4.69) is 12.3 Å². The second-order valence-electron chi connectivity index (χ2n) is 5.34. The van der Waals surface area contributed by atoms with Gasteiger partial charge in [0, 0.05) is 6.04 Å². The van der Waals surface area contributed by atoms with Crippen LogP contribution in [0.25, 0.3) is 0 Å². The Morgan fingerprint density at radius 1 is 1.21 bits per heavy atom. The van der Waals surface area contributed by atoms with Gasteiger partial charge in [0.15, 0.2) is 0 Å². The molecule has 3 unspecified atom stereocenters. The standard InChI is InChI=1S/C14H19F3N2/c1-9-3-2-4-12(9)13(19-18)10-5-7-11(8-6-10)14(15,16)17/h5-9,12-13,19H,2-4,18H2,1H3. The van der Waals surface area contributed by atoms with E-state index < -0.39 is 11.7 Å². The van der Waals surface area contributed by atoms with Crippen molar-refractivity contribution in [2.24, 2.45) is 17.7 Å². The van der Waals surface area contributed by atoms with Crippen LogP contribution < -0.4 is 11.3 Å². The van der Waals surface area contributed by atoms with Crippen LogP contribution in [-0.2, 0) is 6.18 Å². The quantitative estimate of drug-likeness (QED) is 0.651. The van der Waals surface area contributed by atoms with Crippen LogP contribution in [0.3, 0.4) is 0 Å². The summed E-state index contributed by atoms with van der Waals surface area (Å²) < 4.78 is 37.6. The first-order valence-electron chi connectivity index (χ1n) is 6.56. The first-order chi connectivity index (χ1) is 8.93. The molecule has 3 atom stereocenters. The van der Waals surface area contributed by atoms with Gasteiger partial charge in [0.1, 0.15) is 0 Å². The van der Waals surface area contributed by atoms with Gasteiger partial charge in [-0.1, -0.05) is 31.9 Å². The molecule has 2 rings (SSSR count). The average Bonchev–Trinajstić information content (AvgIpc) is 2.76. The van der Waals surface area contributed by atoms with Crippen LogP contribution in [0.2, 0.25) is 0 Å². The number of benzene rings is 1. The molecule has 1 aliphatic rings. The SMILES string of the molecule is CC1CCCC1C(NN)c1ccc(C(F)(F)F)cc1. The molecular weight excluding hydrogens is 253 g/mol. The molecule has 1 saturated carbocycles. The molecule has 1 aromatic rings. The largest absolute Gasteiger partial charge is 0.416 e. The molecule has 19 heavy (non-hydrogen) atoms. The Bertz CT molecular complexity index is 414. The van der Waals surface area contributed by atoms with Crippen LogP contribution in [0.5, 0.6) is 0 Å². The average molecular weight is 272 g/mol. The summed E-state index contributed by atoms with van der Waals surface area (Å²) in [5.41, 5.74) is 2.98. The van der Waals surface area contributed by atoms with Crippen molar-refractivity contribution in [3.63, 3.8) is 0 Å². The number of nitrogens with one attached hydrogen (secondary N) is 1. The van der Waals surface area contributed by atoms with Crippen molar-refractivity contribution in [3.05, 3.63) is 35.4 Å². The molecule has 1 aromatic carbocycles. The lowest BCUT2D eigenvalue weighted by molar-refractivity contribution is -0.137. The van der Waals surface area contributed by atoms with Crippen LogP contribution >= 0.6 is 0 Å². The number of rotatable bonds is 3. The van der Waals surface area contributed by atoms with E-state index in [1.54, 1.807) is 0 Å². The Morgan fingerprint density at radius 2 is 1.84 bits per heavy atom. The second kappa shape index (κ2) is 5.51. The zero-order chi connectivity index (χ0) is 14.0. The fourth-order valence-electron chi connectivity index (χ4n) is 3.02. The number of hydrogen-bond donors (Lipinski definition) is 2.